The summed E-state index contributed by atoms with van der Waals surface area (Å²) in [4.78, 5) is 12.8. The topological polar surface area (TPSA) is 58.0 Å². The van der Waals surface area contributed by atoms with Gasteiger partial charge in [-0.25, -0.2) is 4.79 Å². The lowest BCUT2D eigenvalue weighted by Gasteiger charge is -1.87. The van der Waals surface area contributed by atoms with Crippen molar-refractivity contribution in [2.75, 3.05) is 0 Å². The van der Waals surface area contributed by atoms with E-state index in [4.69, 9.17) is 5.11 Å². The van der Waals surface area contributed by atoms with Crippen LogP contribution in [0.25, 0.3) is 0 Å². The number of rotatable bonds is 1. The number of aromatic hydroxyl groups is 1. The van der Waals surface area contributed by atoms with Crippen molar-refractivity contribution in [3.05, 3.63) is 16.7 Å². The first kappa shape index (κ1) is 5.94. The van der Waals surface area contributed by atoms with Crippen LogP contribution in [0.15, 0.2) is 11.0 Å². The number of nitrogens with zero attached hydrogens (tertiary/aromatic N) is 1. The van der Waals surface area contributed by atoms with E-state index in [2.05, 4.69) is 4.98 Å². The van der Waals surface area contributed by atoms with Gasteiger partial charge in [0.05, 0.1) is 6.20 Å². The Bertz CT molecular complexity index is 248. The van der Waals surface area contributed by atoms with Gasteiger partial charge >= 0.3 is 5.69 Å². The summed E-state index contributed by atoms with van der Waals surface area (Å²) in [5, 5.41) is 8.69. The summed E-state index contributed by atoms with van der Waals surface area (Å²) in [7, 11) is 0. The molecule has 0 radical (unpaired) electrons. The predicted molar refractivity (Wildman–Crippen MR) is 32.4 cm³/mol. The standard InChI is InChI=1S/C5H8N2O2/c1-2-7-3-4(8)6-5(7)9/h3,8H,2H2,1H3,(H,6,9). The molecular formula is C5H8N2O2. The minimum atomic E-state index is -0.269. The Morgan fingerprint density at radius 3 is 2.78 bits per heavy atom. The fourth-order valence-corrected chi connectivity index (χ4v) is 0.655. The van der Waals surface area contributed by atoms with E-state index >= 15 is 0 Å². The number of aromatic nitrogens is 2. The molecule has 1 heterocycles. The van der Waals surface area contributed by atoms with E-state index < -0.39 is 0 Å². The number of aryl methyl sites for hydroxylation is 1. The van der Waals surface area contributed by atoms with E-state index in [1.54, 1.807) is 0 Å². The minimum Gasteiger partial charge on any atom is -0.493 e. The zero-order valence-corrected chi connectivity index (χ0v) is 5.09. The smallest absolute Gasteiger partial charge is 0.328 e. The van der Waals surface area contributed by atoms with Crippen LogP contribution in [0.1, 0.15) is 6.92 Å². The molecule has 0 unspecified atom stereocenters. The highest BCUT2D eigenvalue weighted by Crippen LogP contribution is 1.95. The molecule has 1 rings (SSSR count). The van der Waals surface area contributed by atoms with Crippen LogP contribution in [0.2, 0.25) is 0 Å². The van der Waals surface area contributed by atoms with Crippen LogP contribution in [-0.4, -0.2) is 14.7 Å². The summed E-state index contributed by atoms with van der Waals surface area (Å²) in [6, 6.07) is 0. The van der Waals surface area contributed by atoms with Crippen molar-refractivity contribution < 1.29 is 5.11 Å². The first-order chi connectivity index (χ1) is 4.24. The van der Waals surface area contributed by atoms with Gasteiger partial charge in [0.1, 0.15) is 0 Å². The van der Waals surface area contributed by atoms with Gasteiger partial charge in [0.2, 0.25) is 5.88 Å². The molecule has 0 aliphatic rings. The lowest BCUT2D eigenvalue weighted by molar-refractivity contribution is 0.455. The molecule has 50 valence electrons. The van der Waals surface area contributed by atoms with Crippen molar-refractivity contribution in [3.8, 4) is 5.88 Å². The van der Waals surface area contributed by atoms with Crippen LogP contribution in [0.5, 0.6) is 5.88 Å². The summed E-state index contributed by atoms with van der Waals surface area (Å²) in [5.41, 5.74) is -0.269. The van der Waals surface area contributed by atoms with E-state index in [-0.39, 0.29) is 11.6 Å². The maximum absolute atomic E-state index is 10.6. The summed E-state index contributed by atoms with van der Waals surface area (Å²) in [5.74, 6) is -0.0816. The monoisotopic (exact) mass is 128 g/mol. The number of nitrogens with one attached hydrogen (secondary N) is 1. The highest BCUT2D eigenvalue weighted by Gasteiger charge is 1.95. The lowest BCUT2D eigenvalue weighted by atomic mass is 10.7. The molecule has 0 aliphatic carbocycles. The molecule has 9 heavy (non-hydrogen) atoms. The SMILES string of the molecule is CCn1cc(O)[nH]c1=O. The largest absolute Gasteiger partial charge is 0.493 e. The molecule has 4 heteroatoms. The molecule has 4 nitrogen and oxygen atoms in total. The molecule has 0 fully saturated rings. The van der Waals surface area contributed by atoms with Crippen molar-refractivity contribution in [1.82, 2.24) is 9.55 Å². The van der Waals surface area contributed by atoms with Crippen LogP contribution >= 0.6 is 0 Å². The summed E-state index contributed by atoms with van der Waals surface area (Å²) in [6.07, 6.45) is 1.36. The molecular weight excluding hydrogens is 120 g/mol. The average molecular weight is 128 g/mol. The average Bonchev–Trinajstić information content (AvgIpc) is 2.10. The quantitative estimate of drug-likeness (QED) is 0.555. The van der Waals surface area contributed by atoms with E-state index in [0.717, 1.165) is 0 Å². The number of imidazole rings is 1. The third-order valence-electron chi connectivity index (χ3n) is 1.11. The van der Waals surface area contributed by atoms with Crippen LogP contribution in [0.3, 0.4) is 0 Å². The number of hydrogen-bond acceptors (Lipinski definition) is 2. The number of hydrogen-bond donors (Lipinski definition) is 2. The van der Waals surface area contributed by atoms with Crippen LogP contribution in [0, 0.1) is 0 Å². The van der Waals surface area contributed by atoms with E-state index in [9.17, 15) is 4.79 Å². The predicted octanol–water partition coefficient (Wildman–Crippen LogP) is -0.0981. The zero-order valence-electron chi connectivity index (χ0n) is 5.09. The van der Waals surface area contributed by atoms with Gasteiger partial charge in [-0.15, -0.1) is 0 Å². The molecule has 0 saturated heterocycles. The minimum absolute atomic E-state index is 0.0816. The van der Waals surface area contributed by atoms with Gasteiger partial charge in [0.25, 0.3) is 0 Å². The van der Waals surface area contributed by atoms with Gasteiger partial charge < -0.3 is 5.11 Å². The Balaban J connectivity index is 3.16. The molecule has 0 aromatic carbocycles. The summed E-state index contributed by atoms with van der Waals surface area (Å²) >= 11 is 0. The lowest BCUT2D eigenvalue weighted by Crippen LogP contribution is -2.14. The second-order valence-electron chi connectivity index (χ2n) is 1.73. The van der Waals surface area contributed by atoms with Crippen molar-refractivity contribution in [3.63, 3.8) is 0 Å². The molecule has 0 aliphatic heterocycles. The van der Waals surface area contributed by atoms with Crippen LogP contribution in [0.4, 0.5) is 0 Å². The molecule has 0 amide bonds. The van der Waals surface area contributed by atoms with Gasteiger partial charge in [-0.05, 0) is 6.92 Å². The summed E-state index contributed by atoms with van der Waals surface area (Å²) < 4.78 is 1.38. The number of aromatic amines is 1. The van der Waals surface area contributed by atoms with Crippen molar-refractivity contribution in [2.45, 2.75) is 13.5 Å². The Morgan fingerprint density at radius 1 is 1.89 bits per heavy atom. The van der Waals surface area contributed by atoms with Crippen molar-refractivity contribution in [2.24, 2.45) is 0 Å². The fraction of sp³-hybridized carbons (Fsp3) is 0.400. The molecule has 2 N–H and O–H groups in total. The fourth-order valence-electron chi connectivity index (χ4n) is 0.655. The molecule has 0 atom stereocenters. The van der Waals surface area contributed by atoms with Crippen molar-refractivity contribution >= 4 is 0 Å². The normalized spacial score (nSPS) is 9.89. The molecule has 1 aromatic heterocycles. The van der Waals surface area contributed by atoms with E-state index in [1.807, 2.05) is 6.92 Å². The zero-order chi connectivity index (χ0) is 6.85. The third-order valence-corrected chi connectivity index (χ3v) is 1.11. The van der Waals surface area contributed by atoms with Gasteiger partial charge in [-0.1, -0.05) is 0 Å². The Kier molecular flexibility index (Phi) is 1.30. The van der Waals surface area contributed by atoms with Gasteiger partial charge in [0, 0.05) is 6.54 Å². The first-order valence-corrected chi connectivity index (χ1v) is 2.72. The second-order valence-corrected chi connectivity index (χ2v) is 1.73. The first-order valence-electron chi connectivity index (χ1n) is 2.72. The molecule has 0 spiro atoms. The second kappa shape index (κ2) is 1.97. The highest BCUT2D eigenvalue weighted by molar-refractivity contribution is 5.00. The highest BCUT2D eigenvalue weighted by atomic mass is 16.3. The maximum Gasteiger partial charge on any atom is 0.328 e. The Morgan fingerprint density at radius 2 is 2.56 bits per heavy atom. The molecule has 1 aromatic rings. The van der Waals surface area contributed by atoms with Crippen LogP contribution in [-0.2, 0) is 6.54 Å². The third kappa shape index (κ3) is 0.960. The maximum atomic E-state index is 10.6. The van der Waals surface area contributed by atoms with Gasteiger partial charge in [0.15, 0.2) is 0 Å². The van der Waals surface area contributed by atoms with E-state index in [0.29, 0.717) is 6.54 Å². The van der Waals surface area contributed by atoms with Crippen molar-refractivity contribution in [1.29, 1.82) is 0 Å². The molecule has 0 saturated carbocycles. The Hall–Kier alpha value is -1.19. The van der Waals surface area contributed by atoms with E-state index in [1.165, 1.54) is 10.8 Å². The van der Waals surface area contributed by atoms with Crippen LogP contribution < -0.4 is 5.69 Å². The molecule has 0 bridgehead atoms. The number of H-pyrrole nitrogens is 1. The Labute approximate surface area is 51.8 Å². The van der Waals surface area contributed by atoms with Gasteiger partial charge in [-0.3, -0.25) is 9.55 Å². The van der Waals surface area contributed by atoms with Gasteiger partial charge in [-0.2, -0.15) is 0 Å². The summed E-state index contributed by atoms with van der Waals surface area (Å²) in [6.45, 7) is 2.41.